The van der Waals surface area contributed by atoms with E-state index in [1.54, 1.807) is 6.08 Å². The molecule has 0 saturated heterocycles. The van der Waals surface area contributed by atoms with Crippen LogP contribution in [0.3, 0.4) is 0 Å². The summed E-state index contributed by atoms with van der Waals surface area (Å²) in [5.41, 5.74) is 2.30. The van der Waals surface area contributed by atoms with Gasteiger partial charge in [0, 0.05) is 6.42 Å². The molecule has 1 rings (SSSR count). The predicted molar refractivity (Wildman–Crippen MR) is 74.1 cm³/mol. The van der Waals surface area contributed by atoms with Crippen molar-refractivity contribution in [3.05, 3.63) is 59.9 Å². The molecule has 0 aromatic heterocycles. The third-order valence-corrected chi connectivity index (χ3v) is 3.27. The van der Waals surface area contributed by atoms with Gasteiger partial charge in [-0.15, -0.1) is 6.58 Å². The summed E-state index contributed by atoms with van der Waals surface area (Å²) in [6.07, 6.45) is 3.21. The van der Waals surface area contributed by atoms with E-state index in [0.29, 0.717) is 12.2 Å². The largest absolute Gasteiger partial charge is 0.512 e. The van der Waals surface area contributed by atoms with Crippen LogP contribution in [0.25, 0.3) is 0 Å². The molecule has 0 amide bonds. The first kappa shape index (κ1) is 13.6. The fourth-order valence-electron chi connectivity index (χ4n) is 1.92. The molecule has 1 heteroatoms. The normalized spacial score (nSPS) is 13.1. The monoisotopic (exact) mass is 230 g/mol. The highest BCUT2D eigenvalue weighted by Gasteiger charge is 2.23. The Balaban J connectivity index is 2.88. The third kappa shape index (κ3) is 3.77. The van der Waals surface area contributed by atoms with Gasteiger partial charge in [-0.3, -0.25) is 0 Å². The average molecular weight is 230 g/mol. The first-order valence-electron chi connectivity index (χ1n) is 6.01. The minimum atomic E-state index is -0.0333. The fraction of sp³-hybridized carbons (Fsp3) is 0.375. The summed E-state index contributed by atoms with van der Waals surface area (Å²) in [5, 5.41) is 9.94. The second kappa shape index (κ2) is 5.72. The van der Waals surface area contributed by atoms with E-state index in [9.17, 15) is 5.11 Å². The van der Waals surface area contributed by atoms with Crippen LogP contribution in [0.5, 0.6) is 0 Å². The highest BCUT2D eigenvalue weighted by atomic mass is 16.3. The zero-order valence-electron chi connectivity index (χ0n) is 11.0. The third-order valence-electron chi connectivity index (χ3n) is 3.27. The Bertz CT molecular complexity index is 399. The summed E-state index contributed by atoms with van der Waals surface area (Å²) in [6, 6.07) is 10.4. The molecule has 0 heterocycles. The van der Waals surface area contributed by atoms with Crippen molar-refractivity contribution in [3.8, 4) is 0 Å². The van der Waals surface area contributed by atoms with Crippen LogP contribution in [0, 0.1) is 5.41 Å². The molecule has 0 aliphatic heterocycles. The first-order chi connectivity index (χ1) is 7.97. The Morgan fingerprint density at radius 3 is 2.41 bits per heavy atom. The lowest BCUT2D eigenvalue weighted by Gasteiger charge is -2.27. The Hall–Kier alpha value is -1.50. The number of hydrogen-bond acceptors (Lipinski definition) is 1. The van der Waals surface area contributed by atoms with E-state index < -0.39 is 0 Å². The molecular weight excluding hydrogens is 208 g/mol. The number of aliphatic hydroxyl groups excluding tert-OH is 1. The van der Waals surface area contributed by atoms with Crippen molar-refractivity contribution in [1.29, 1.82) is 0 Å². The molecule has 0 aliphatic rings. The maximum atomic E-state index is 9.94. The van der Waals surface area contributed by atoms with E-state index in [4.69, 9.17) is 0 Å². The van der Waals surface area contributed by atoms with Crippen molar-refractivity contribution in [2.24, 2.45) is 5.41 Å². The standard InChI is InChI=1S/C16H22O/c1-5-9-15(17)13(2)16(3,4)12-14-10-7-6-8-11-14/h5-8,10-11,17H,1,9,12H2,2-4H3/b15-13+. The molecule has 0 spiro atoms. The summed E-state index contributed by atoms with van der Waals surface area (Å²) in [5.74, 6) is 0.445. The molecule has 0 atom stereocenters. The average Bonchev–Trinajstić information content (AvgIpc) is 2.29. The molecular formula is C16H22O. The lowest BCUT2D eigenvalue weighted by molar-refractivity contribution is 0.351. The minimum absolute atomic E-state index is 0.0333. The molecule has 0 bridgehead atoms. The van der Waals surface area contributed by atoms with Gasteiger partial charge >= 0.3 is 0 Å². The molecule has 0 unspecified atom stereocenters. The number of benzene rings is 1. The summed E-state index contributed by atoms with van der Waals surface area (Å²) in [6.45, 7) is 9.98. The van der Waals surface area contributed by atoms with E-state index >= 15 is 0 Å². The van der Waals surface area contributed by atoms with E-state index in [2.05, 4.69) is 32.6 Å². The zero-order chi connectivity index (χ0) is 12.9. The highest BCUT2D eigenvalue weighted by molar-refractivity contribution is 5.22. The molecule has 0 fully saturated rings. The van der Waals surface area contributed by atoms with Crippen molar-refractivity contribution < 1.29 is 5.11 Å². The van der Waals surface area contributed by atoms with Crippen LogP contribution < -0.4 is 0 Å². The summed E-state index contributed by atoms with van der Waals surface area (Å²) in [4.78, 5) is 0. The van der Waals surface area contributed by atoms with Crippen LogP contribution in [0.1, 0.15) is 32.8 Å². The van der Waals surface area contributed by atoms with Gasteiger partial charge in [0.05, 0.1) is 5.76 Å². The van der Waals surface area contributed by atoms with Crippen LogP contribution in [-0.2, 0) is 6.42 Å². The van der Waals surface area contributed by atoms with Crippen molar-refractivity contribution >= 4 is 0 Å². The minimum Gasteiger partial charge on any atom is -0.512 e. The maximum Gasteiger partial charge on any atom is 0.0954 e. The van der Waals surface area contributed by atoms with E-state index in [1.165, 1.54) is 5.56 Å². The molecule has 0 radical (unpaired) electrons. The van der Waals surface area contributed by atoms with Crippen LogP contribution in [0.15, 0.2) is 54.3 Å². The smallest absolute Gasteiger partial charge is 0.0954 e. The topological polar surface area (TPSA) is 20.2 Å². The summed E-state index contributed by atoms with van der Waals surface area (Å²) >= 11 is 0. The van der Waals surface area contributed by atoms with Gasteiger partial charge in [0.15, 0.2) is 0 Å². The maximum absolute atomic E-state index is 9.94. The van der Waals surface area contributed by atoms with Crippen molar-refractivity contribution in [3.63, 3.8) is 0 Å². The quantitative estimate of drug-likeness (QED) is 0.576. The predicted octanol–water partition coefficient (Wildman–Crippen LogP) is 4.66. The Kier molecular flexibility index (Phi) is 4.56. The van der Waals surface area contributed by atoms with Gasteiger partial charge in [-0.25, -0.2) is 0 Å². The molecule has 1 N–H and O–H groups in total. The van der Waals surface area contributed by atoms with Crippen molar-refractivity contribution in [1.82, 2.24) is 0 Å². The Morgan fingerprint density at radius 2 is 1.88 bits per heavy atom. The van der Waals surface area contributed by atoms with Gasteiger partial charge in [0.1, 0.15) is 0 Å². The Labute approximate surface area is 104 Å². The van der Waals surface area contributed by atoms with Gasteiger partial charge in [0.25, 0.3) is 0 Å². The highest BCUT2D eigenvalue weighted by Crippen LogP contribution is 2.32. The number of allylic oxidation sites excluding steroid dienone is 2. The number of aliphatic hydroxyl groups is 1. The second-order valence-electron chi connectivity index (χ2n) is 5.11. The van der Waals surface area contributed by atoms with Gasteiger partial charge < -0.3 is 5.11 Å². The van der Waals surface area contributed by atoms with Crippen LogP contribution >= 0.6 is 0 Å². The zero-order valence-corrected chi connectivity index (χ0v) is 11.0. The van der Waals surface area contributed by atoms with Gasteiger partial charge in [-0.1, -0.05) is 50.3 Å². The van der Waals surface area contributed by atoms with Gasteiger partial charge in [-0.2, -0.15) is 0 Å². The van der Waals surface area contributed by atoms with Crippen LogP contribution in [-0.4, -0.2) is 5.11 Å². The second-order valence-corrected chi connectivity index (χ2v) is 5.11. The summed E-state index contributed by atoms with van der Waals surface area (Å²) in [7, 11) is 0. The first-order valence-corrected chi connectivity index (χ1v) is 6.01. The SMILES string of the molecule is C=CC/C(O)=C(/C)C(C)(C)Cc1ccccc1. The lowest BCUT2D eigenvalue weighted by Crippen LogP contribution is -2.18. The molecule has 1 aromatic rings. The molecule has 0 saturated carbocycles. The number of hydrogen-bond donors (Lipinski definition) is 1. The molecule has 0 aliphatic carbocycles. The van der Waals surface area contributed by atoms with Gasteiger partial charge in [-0.05, 0) is 29.9 Å². The fourth-order valence-corrected chi connectivity index (χ4v) is 1.92. The molecule has 17 heavy (non-hydrogen) atoms. The van der Waals surface area contributed by atoms with Crippen LogP contribution in [0.2, 0.25) is 0 Å². The number of rotatable bonds is 5. The van der Waals surface area contributed by atoms with Crippen molar-refractivity contribution in [2.45, 2.75) is 33.6 Å². The summed E-state index contributed by atoms with van der Waals surface area (Å²) < 4.78 is 0. The lowest BCUT2D eigenvalue weighted by atomic mass is 9.78. The van der Waals surface area contributed by atoms with E-state index in [-0.39, 0.29) is 5.41 Å². The Morgan fingerprint density at radius 1 is 1.29 bits per heavy atom. The molecule has 1 nitrogen and oxygen atoms in total. The van der Waals surface area contributed by atoms with Crippen molar-refractivity contribution in [2.75, 3.05) is 0 Å². The van der Waals surface area contributed by atoms with Gasteiger partial charge in [0.2, 0.25) is 0 Å². The molecule has 92 valence electrons. The van der Waals surface area contributed by atoms with E-state index in [0.717, 1.165) is 12.0 Å². The molecule has 1 aromatic carbocycles. The van der Waals surface area contributed by atoms with E-state index in [1.807, 2.05) is 25.1 Å². The van der Waals surface area contributed by atoms with Crippen LogP contribution in [0.4, 0.5) is 0 Å².